The zero-order valence-electron chi connectivity index (χ0n) is 11.8. The summed E-state index contributed by atoms with van der Waals surface area (Å²) in [5.41, 5.74) is 2.52. The number of aryl methyl sites for hydroxylation is 1. The molecule has 108 valence electrons. The van der Waals surface area contributed by atoms with Crippen LogP contribution in [0.1, 0.15) is 21.7 Å². The van der Waals surface area contributed by atoms with Crippen LogP contribution in [0.4, 0.5) is 0 Å². The fourth-order valence-corrected chi connectivity index (χ4v) is 3.31. The molecule has 0 unspecified atom stereocenters. The average Bonchev–Trinajstić information content (AvgIpc) is 3.17. The zero-order valence-corrected chi connectivity index (χ0v) is 12.6. The van der Waals surface area contributed by atoms with E-state index >= 15 is 0 Å². The molecule has 1 aliphatic heterocycles. The fourth-order valence-electron chi connectivity index (χ4n) is 2.19. The third-order valence-corrected chi connectivity index (χ3v) is 4.46. The molecule has 0 fully saturated rings. The number of amides is 1. The first-order valence-electron chi connectivity index (χ1n) is 6.83. The number of aliphatic imine (C=N–C) groups is 1. The minimum Gasteiger partial charge on any atom is -0.459 e. The number of hydrogen-bond donors (Lipinski definition) is 0. The maximum absolute atomic E-state index is 12.3. The number of carbonyl (C=O) groups is 1. The molecule has 0 aliphatic carbocycles. The van der Waals surface area contributed by atoms with Crippen LogP contribution in [-0.4, -0.2) is 29.1 Å². The van der Waals surface area contributed by atoms with Crippen molar-refractivity contribution in [2.45, 2.75) is 12.7 Å². The number of furan rings is 1. The van der Waals surface area contributed by atoms with Gasteiger partial charge in [0.15, 0.2) is 10.9 Å². The third-order valence-electron chi connectivity index (χ3n) is 3.40. The van der Waals surface area contributed by atoms with Crippen LogP contribution in [0, 0.1) is 6.92 Å². The van der Waals surface area contributed by atoms with Gasteiger partial charge in [-0.3, -0.25) is 14.7 Å². The van der Waals surface area contributed by atoms with E-state index in [1.807, 2.05) is 12.1 Å². The summed E-state index contributed by atoms with van der Waals surface area (Å²) in [6.45, 7) is 3.37. The Kier molecular flexibility index (Phi) is 4.10. The first-order valence-corrected chi connectivity index (χ1v) is 7.81. The molecule has 21 heavy (non-hydrogen) atoms. The molecule has 3 rings (SSSR count). The van der Waals surface area contributed by atoms with Gasteiger partial charge in [-0.1, -0.05) is 36.0 Å². The Morgan fingerprint density at radius 1 is 1.33 bits per heavy atom. The van der Waals surface area contributed by atoms with Crippen molar-refractivity contribution in [1.29, 1.82) is 0 Å². The van der Waals surface area contributed by atoms with Gasteiger partial charge in [0, 0.05) is 12.3 Å². The Labute approximate surface area is 127 Å². The Morgan fingerprint density at radius 3 is 2.95 bits per heavy atom. The topological polar surface area (TPSA) is 45.8 Å². The predicted octanol–water partition coefficient (Wildman–Crippen LogP) is 3.33. The van der Waals surface area contributed by atoms with Crippen LogP contribution < -0.4 is 0 Å². The summed E-state index contributed by atoms with van der Waals surface area (Å²) in [6.07, 6.45) is 1.51. The van der Waals surface area contributed by atoms with Crippen LogP contribution in [0.2, 0.25) is 0 Å². The minimum absolute atomic E-state index is 0.117. The number of thioether (sulfide) groups is 1. The van der Waals surface area contributed by atoms with E-state index in [1.165, 1.54) is 17.4 Å². The third kappa shape index (κ3) is 3.03. The molecule has 4 nitrogen and oxygen atoms in total. The molecule has 0 spiro atoms. The first-order chi connectivity index (χ1) is 10.3. The molecule has 1 aliphatic rings. The van der Waals surface area contributed by atoms with Gasteiger partial charge in [-0.2, -0.15) is 0 Å². The first kappa shape index (κ1) is 13.9. The van der Waals surface area contributed by atoms with E-state index in [9.17, 15) is 4.79 Å². The van der Waals surface area contributed by atoms with Crippen molar-refractivity contribution in [3.63, 3.8) is 0 Å². The molecule has 5 heteroatoms. The van der Waals surface area contributed by atoms with Crippen molar-refractivity contribution >= 4 is 22.8 Å². The summed E-state index contributed by atoms with van der Waals surface area (Å²) in [6, 6.07) is 11.7. The largest absolute Gasteiger partial charge is 0.459 e. The monoisotopic (exact) mass is 300 g/mol. The number of carbonyl (C=O) groups excluding carboxylic acids is 1. The number of nitrogens with zero attached hydrogens (tertiary/aromatic N) is 2. The summed E-state index contributed by atoms with van der Waals surface area (Å²) < 4.78 is 5.18. The van der Waals surface area contributed by atoms with E-state index in [-0.39, 0.29) is 5.91 Å². The van der Waals surface area contributed by atoms with E-state index in [2.05, 4.69) is 24.0 Å². The Morgan fingerprint density at radius 2 is 2.19 bits per heavy atom. The van der Waals surface area contributed by atoms with Gasteiger partial charge in [0.1, 0.15) is 0 Å². The molecule has 0 radical (unpaired) electrons. The van der Waals surface area contributed by atoms with Crippen molar-refractivity contribution in [2.24, 2.45) is 4.99 Å². The molecule has 1 amide bonds. The maximum Gasteiger partial charge on any atom is 0.295 e. The van der Waals surface area contributed by atoms with E-state index in [1.54, 1.807) is 28.8 Å². The van der Waals surface area contributed by atoms with Crippen LogP contribution in [0.15, 0.2) is 52.1 Å². The van der Waals surface area contributed by atoms with Gasteiger partial charge in [0.05, 0.1) is 12.8 Å². The Hall–Kier alpha value is -2.01. The Balaban J connectivity index is 1.68. The van der Waals surface area contributed by atoms with Crippen molar-refractivity contribution in [3.05, 3.63) is 59.5 Å². The smallest absolute Gasteiger partial charge is 0.295 e. The van der Waals surface area contributed by atoms with Crippen LogP contribution in [0.3, 0.4) is 0 Å². The van der Waals surface area contributed by atoms with Crippen LogP contribution in [0.5, 0.6) is 0 Å². The van der Waals surface area contributed by atoms with E-state index < -0.39 is 0 Å². The number of rotatable bonds is 3. The number of benzene rings is 1. The SMILES string of the molecule is Cc1ccccc1CSC1=NCCN1C(=O)c1ccco1. The molecule has 0 saturated carbocycles. The zero-order chi connectivity index (χ0) is 14.7. The van der Waals surface area contributed by atoms with Gasteiger partial charge in [0.25, 0.3) is 5.91 Å². The Bertz CT molecular complexity index is 665. The molecule has 0 saturated heterocycles. The highest BCUT2D eigenvalue weighted by atomic mass is 32.2. The van der Waals surface area contributed by atoms with Gasteiger partial charge in [-0.05, 0) is 30.2 Å². The molecule has 0 bridgehead atoms. The lowest BCUT2D eigenvalue weighted by Crippen LogP contribution is -2.32. The second-order valence-corrected chi connectivity index (χ2v) is 5.76. The molecule has 1 aromatic heterocycles. The van der Waals surface area contributed by atoms with E-state index in [0.29, 0.717) is 18.8 Å². The highest BCUT2D eigenvalue weighted by molar-refractivity contribution is 8.13. The average molecular weight is 300 g/mol. The molecule has 0 N–H and O–H groups in total. The highest BCUT2D eigenvalue weighted by Gasteiger charge is 2.26. The summed E-state index contributed by atoms with van der Waals surface area (Å²) in [5, 5.41) is 0.777. The highest BCUT2D eigenvalue weighted by Crippen LogP contribution is 2.22. The summed E-state index contributed by atoms with van der Waals surface area (Å²) in [5.74, 6) is 1.06. The van der Waals surface area contributed by atoms with E-state index in [0.717, 1.165) is 10.9 Å². The van der Waals surface area contributed by atoms with Crippen molar-refractivity contribution < 1.29 is 9.21 Å². The normalized spacial score (nSPS) is 14.3. The molecular formula is C16H16N2O2S. The fraction of sp³-hybridized carbons (Fsp3) is 0.250. The van der Waals surface area contributed by atoms with Crippen LogP contribution in [-0.2, 0) is 5.75 Å². The van der Waals surface area contributed by atoms with Gasteiger partial charge >= 0.3 is 0 Å². The van der Waals surface area contributed by atoms with Crippen LogP contribution >= 0.6 is 11.8 Å². The van der Waals surface area contributed by atoms with E-state index in [4.69, 9.17) is 4.42 Å². The standard InChI is InChI=1S/C16H16N2O2S/c1-12-5-2-3-6-13(12)11-21-16-17-8-9-18(16)15(19)14-7-4-10-20-14/h2-7,10H,8-9,11H2,1H3. The van der Waals surface area contributed by atoms with Gasteiger partial charge in [-0.15, -0.1) is 0 Å². The van der Waals surface area contributed by atoms with Crippen molar-refractivity contribution in [3.8, 4) is 0 Å². The number of hydrogen-bond acceptors (Lipinski definition) is 4. The second-order valence-electron chi connectivity index (χ2n) is 4.81. The molecular weight excluding hydrogens is 284 g/mol. The van der Waals surface area contributed by atoms with Gasteiger partial charge in [0.2, 0.25) is 0 Å². The lowest BCUT2D eigenvalue weighted by Gasteiger charge is -2.16. The molecule has 1 aromatic carbocycles. The van der Waals surface area contributed by atoms with Crippen LogP contribution in [0.25, 0.3) is 0 Å². The number of amidine groups is 1. The molecule has 2 aromatic rings. The second kappa shape index (κ2) is 6.18. The van der Waals surface area contributed by atoms with Crippen molar-refractivity contribution in [2.75, 3.05) is 13.1 Å². The quantitative estimate of drug-likeness (QED) is 0.873. The summed E-state index contributed by atoms with van der Waals surface area (Å²) in [7, 11) is 0. The minimum atomic E-state index is -0.117. The molecule has 0 atom stereocenters. The predicted molar refractivity (Wildman–Crippen MR) is 84.5 cm³/mol. The summed E-state index contributed by atoms with van der Waals surface area (Å²) in [4.78, 5) is 18.5. The lowest BCUT2D eigenvalue weighted by atomic mass is 10.1. The summed E-state index contributed by atoms with van der Waals surface area (Å²) >= 11 is 1.60. The van der Waals surface area contributed by atoms with Crippen molar-refractivity contribution in [1.82, 2.24) is 4.90 Å². The van der Waals surface area contributed by atoms with Gasteiger partial charge < -0.3 is 4.42 Å². The maximum atomic E-state index is 12.3. The van der Waals surface area contributed by atoms with Gasteiger partial charge in [-0.25, -0.2) is 0 Å². The lowest BCUT2D eigenvalue weighted by molar-refractivity contribution is 0.0830. The molecule has 2 heterocycles.